The van der Waals surface area contributed by atoms with Gasteiger partial charge in [-0.15, -0.1) is 11.3 Å². The lowest BCUT2D eigenvalue weighted by Crippen LogP contribution is -2.18. The summed E-state index contributed by atoms with van der Waals surface area (Å²) in [7, 11) is 0. The molecule has 0 spiro atoms. The molecule has 0 fully saturated rings. The highest BCUT2D eigenvalue weighted by molar-refractivity contribution is 7.15. The molecule has 6 heteroatoms. The third-order valence-corrected chi connectivity index (χ3v) is 5.04. The summed E-state index contributed by atoms with van der Waals surface area (Å²) in [5.41, 5.74) is 4.61. The zero-order valence-corrected chi connectivity index (χ0v) is 14.9. The van der Waals surface area contributed by atoms with Crippen LogP contribution in [0.1, 0.15) is 20.9 Å². The van der Waals surface area contributed by atoms with Gasteiger partial charge in [-0.25, -0.2) is 5.43 Å². The largest absolute Gasteiger partial charge is 0.291 e. The van der Waals surface area contributed by atoms with Gasteiger partial charge in [-0.3, -0.25) is 9.89 Å². The van der Waals surface area contributed by atoms with Crippen LogP contribution >= 0.6 is 11.3 Å². The van der Waals surface area contributed by atoms with Crippen LogP contribution in [0.2, 0.25) is 0 Å². The van der Waals surface area contributed by atoms with E-state index in [2.05, 4.69) is 20.7 Å². The first-order valence-electron chi connectivity index (χ1n) is 8.14. The average Bonchev–Trinajstić information content (AvgIpc) is 3.31. The molecule has 2 heterocycles. The minimum atomic E-state index is -0.350. The Balaban J connectivity index is 1.48. The van der Waals surface area contributed by atoms with E-state index in [1.807, 2.05) is 61.5 Å². The van der Waals surface area contributed by atoms with E-state index < -0.39 is 0 Å². The monoisotopic (exact) mass is 360 g/mol. The Morgan fingerprint density at radius 2 is 2.00 bits per heavy atom. The first kappa shape index (κ1) is 16.2. The number of hydrogen-bond donors (Lipinski definition) is 2. The van der Waals surface area contributed by atoms with Crippen LogP contribution in [-0.2, 0) is 0 Å². The number of aromatic amines is 1. The van der Waals surface area contributed by atoms with Crippen molar-refractivity contribution in [1.82, 2.24) is 15.6 Å². The van der Waals surface area contributed by atoms with Crippen LogP contribution in [0.4, 0.5) is 0 Å². The summed E-state index contributed by atoms with van der Waals surface area (Å²) in [6.07, 6.45) is 1.65. The van der Waals surface area contributed by atoms with E-state index in [4.69, 9.17) is 0 Å². The topological polar surface area (TPSA) is 70.1 Å². The van der Waals surface area contributed by atoms with Crippen LogP contribution in [0.25, 0.3) is 21.3 Å². The molecule has 2 N–H and O–H groups in total. The van der Waals surface area contributed by atoms with Gasteiger partial charge in [0.1, 0.15) is 0 Å². The highest BCUT2D eigenvalue weighted by atomic mass is 32.1. The lowest BCUT2D eigenvalue weighted by Gasteiger charge is -2.01. The van der Waals surface area contributed by atoms with Crippen molar-refractivity contribution in [3.63, 3.8) is 0 Å². The van der Waals surface area contributed by atoms with Gasteiger partial charge in [-0.2, -0.15) is 10.2 Å². The molecule has 4 rings (SSSR count). The predicted octanol–water partition coefficient (Wildman–Crippen LogP) is 4.36. The minimum absolute atomic E-state index is 0.307. The number of hydrogen-bond acceptors (Lipinski definition) is 4. The summed E-state index contributed by atoms with van der Waals surface area (Å²) in [5, 5.41) is 13.3. The third kappa shape index (κ3) is 3.27. The van der Waals surface area contributed by atoms with Gasteiger partial charge in [-0.05, 0) is 35.9 Å². The number of nitrogens with one attached hydrogen (secondary N) is 2. The van der Waals surface area contributed by atoms with Crippen LogP contribution < -0.4 is 5.43 Å². The van der Waals surface area contributed by atoms with Gasteiger partial charge in [-0.1, -0.05) is 42.5 Å². The number of carbonyl (C=O) groups excluding carboxylic acids is 1. The van der Waals surface area contributed by atoms with Crippen molar-refractivity contribution in [1.29, 1.82) is 0 Å². The minimum Gasteiger partial charge on any atom is -0.276 e. The summed E-state index contributed by atoms with van der Waals surface area (Å²) >= 11 is 1.65. The van der Waals surface area contributed by atoms with E-state index in [-0.39, 0.29) is 5.91 Å². The molecule has 128 valence electrons. The number of benzene rings is 2. The number of aromatic nitrogens is 2. The molecule has 0 saturated heterocycles. The number of H-pyrrole nitrogens is 1. The van der Waals surface area contributed by atoms with Crippen molar-refractivity contribution < 1.29 is 4.79 Å². The summed E-state index contributed by atoms with van der Waals surface area (Å²) in [6, 6.07) is 19.8. The average molecular weight is 360 g/mol. The van der Waals surface area contributed by atoms with Crippen LogP contribution in [-0.4, -0.2) is 22.3 Å². The second-order valence-electron chi connectivity index (χ2n) is 5.84. The van der Waals surface area contributed by atoms with Crippen molar-refractivity contribution >= 4 is 34.2 Å². The van der Waals surface area contributed by atoms with Gasteiger partial charge >= 0.3 is 0 Å². The van der Waals surface area contributed by atoms with Crippen LogP contribution in [0.5, 0.6) is 0 Å². The number of carbonyl (C=O) groups is 1. The van der Waals surface area contributed by atoms with Crippen LogP contribution in [0, 0.1) is 6.92 Å². The molecule has 2 aromatic heterocycles. The number of fused-ring (bicyclic) bond motifs is 1. The van der Waals surface area contributed by atoms with E-state index in [0.717, 1.165) is 26.9 Å². The van der Waals surface area contributed by atoms with Gasteiger partial charge in [0.2, 0.25) is 0 Å². The van der Waals surface area contributed by atoms with Crippen molar-refractivity contribution in [2.45, 2.75) is 6.92 Å². The molecular weight excluding hydrogens is 344 g/mol. The Morgan fingerprint density at radius 3 is 2.85 bits per heavy atom. The molecule has 0 saturated carbocycles. The maximum absolute atomic E-state index is 12.2. The SMILES string of the molecule is Cc1ccc(-c2cc(C(=O)NN=Cc3cccc4ccccc34)n[nH]2)s1. The summed E-state index contributed by atoms with van der Waals surface area (Å²) in [5.74, 6) is -0.350. The van der Waals surface area contributed by atoms with Gasteiger partial charge in [0, 0.05) is 10.4 Å². The maximum atomic E-state index is 12.2. The Hall–Kier alpha value is -3.25. The van der Waals surface area contributed by atoms with Crippen molar-refractivity contribution in [2.75, 3.05) is 0 Å². The lowest BCUT2D eigenvalue weighted by molar-refractivity contribution is 0.0950. The standard InChI is InChI=1S/C20H16N4OS/c1-13-9-10-19(26-13)17-11-18(23-22-17)20(25)24-21-12-15-7-4-6-14-5-2-3-8-16(14)15/h2-12H,1H3,(H,22,23)(H,24,25). The number of rotatable bonds is 4. The predicted molar refractivity (Wildman–Crippen MR) is 106 cm³/mol. The normalized spacial score (nSPS) is 11.3. The first-order chi connectivity index (χ1) is 12.7. The molecule has 4 aromatic rings. The van der Waals surface area contributed by atoms with Gasteiger partial charge in [0.25, 0.3) is 5.91 Å². The lowest BCUT2D eigenvalue weighted by atomic mass is 10.1. The van der Waals surface area contributed by atoms with E-state index >= 15 is 0 Å². The maximum Gasteiger partial charge on any atom is 0.291 e. The van der Waals surface area contributed by atoms with Crippen LogP contribution in [0.15, 0.2) is 65.8 Å². The highest BCUT2D eigenvalue weighted by Gasteiger charge is 2.11. The second kappa shape index (κ2) is 6.93. The number of thiophene rings is 1. The quantitative estimate of drug-likeness (QED) is 0.419. The summed E-state index contributed by atoms with van der Waals surface area (Å²) < 4.78 is 0. The zero-order chi connectivity index (χ0) is 17.9. The molecule has 1 amide bonds. The molecule has 0 aliphatic carbocycles. The fourth-order valence-electron chi connectivity index (χ4n) is 2.72. The van der Waals surface area contributed by atoms with E-state index in [1.165, 1.54) is 4.88 Å². The van der Waals surface area contributed by atoms with Crippen molar-refractivity contribution in [3.05, 3.63) is 76.8 Å². The van der Waals surface area contributed by atoms with Crippen molar-refractivity contribution in [2.24, 2.45) is 5.10 Å². The molecular formula is C20H16N4OS. The Bertz CT molecular complexity index is 1100. The molecule has 0 aliphatic heterocycles. The van der Waals surface area contributed by atoms with Gasteiger partial charge < -0.3 is 0 Å². The molecule has 2 aromatic carbocycles. The van der Waals surface area contributed by atoms with Crippen molar-refractivity contribution in [3.8, 4) is 10.6 Å². The molecule has 26 heavy (non-hydrogen) atoms. The fourth-order valence-corrected chi connectivity index (χ4v) is 3.56. The smallest absolute Gasteiger partial charge is 0.276 e. The highest BCUT2D eigenvalue weighted by Crippen LogP contribution is 2.26. The summed E-state index contributed by atoms with van der Waals surface area (Å²) in [6.45, 7) is 2.04. The first-order valence-corrected chi connectivity index (χ1v) is 8.96. The number of nitrogens with zero attached hydrogens (tertiary/aromatic N) is 2. The fraction of sp³-hybridized carbons (Fsp3) is 0.0500. The Labute approximate surface area is 154 Å². The molecule has 0 radical (unpaired) electrons. The Morgan fingerprint density at radius 1 is 1.15 bits per heavy atom. The van der Waals surface area contributed by atoms with Crippen LogP contribution in [0.3, 0.4) is 0 Å². The van der Waals surface area contributed by atoms with E-state index in [1.54, 1.807) is 23.6 Å². The van der Waals surface area contributed by atoms with Gasteiger partial charge in [0.15, 0.2) is 5.69 Å². The number of hydrazone groups is 1. The molecule has 5 nitrogen and oxygen atoms in total. The third-order valence-electron chi connectivity index (χ3n) is 4.01. The second-order valence-corrected chi connectivity index (χ2v) is 7.13. The Kier molecular flexibility index (Phi) is 4.33. The molecule has 0 aliphatic rings. The molecule has 0 atom stereocenters. The van der Waals surface area contributed by atoms with E-state index in [9.17, 15) is 4.79 Å². The number of amides is 1. The summed E-state index contributed by atoms with van der Waals surface area (Å²) in [4.78, 5) is 14.5. The zero-order valence-electron chi connectivity index (χ0n) is 14.1. The van der Waals surface area contributed by atoms with Gasteiger partial charge in [0.05, 0.1) is 16.8 Å². The number of aryl methyl sites for hydroxylation is 1. The van der Waals surface area contributed by atoms with E-state index in [0.29, 0.717) is 5.69 Å². The molecule has 0 bridgehead atoms. The molecule has 0 unspecified atom stereocenters.